The maximum atomic E-state index is 11.8. The maximum Gasteiger partial charge on any atom is 0.222 e. The lowest BCUT2D eigenvalue weighted by molar-refractivity contribution is -0.123. The number of benzene rings is 1. The predicted molar refractivity (Wildman–Crippen MR) is 99.0 cm³/mol. The topological polar surface area (TPSA) is 61.8 Å². The number of amides is 1. The van der Waals surface area contributed by atoms with Gasteiger partial charge in [0.05, 0.1) is 24.7 Å². The zero-order valence-electron chi connectivity index (χ0n) is 15.9. The Balaban J connectivity index is 1.78. The first kappa shape index (κ1) is 19.9. The molecule has 1 saturated heterocycles. The Kier molecular flexibility index (Phi) is 7.41. The monoisotopic (exact) mass is 348 g/mol. The van der Waals surface area contributed by atoms with E-state index in [1.54, 1.807) is 0 Å². The number of nitrogens with one attached hydrogen (secondary N) is 1. The normalized spacial score (nSPS) is 22.8. The van der Waals surface area contributed by atoms with Gasteiger partial charge in [-0.05, 0) is 30.9 Å². The van der Waals surface area contributed by atoms with Crippen LogP contribution in [0.3, 0.4) is 0 Å². The van der Waals surface area contributed by atoms with E-state index < -0.39 is 6.10 Å². The van der Waals surface area contributed by atoms with Crippen LogP contribution >= 0.6 is 0 Å². The van der Waals surface area contributed by atoms with Crippen LogP contribution in [-0.2, 0) is 22.6 Å². The molecule has 1 aliphatic heterocycles. The van der Waals surface area contributed by atoms with Crippen LogP contribution in [0.4, 0.5) is 0 Å². The Hall–Kier alpha value is -1.43. The lowest BCUT2D eigenvalue weighted by atomic mass is 10.0. The molecule has 2 N–H and O–H groups in total. The zero-order valence-corrected chi connectivity index (χ0v) is 15.9. The molecule has 0 aliphatic carbocycles. The van der Waals surface area contributed by atoms with Crippen LogP contribution in [0.15, 0.2) is 24.3 Å². The summed E-state index contributed by atoms with van der Waals surface area (Å²) < 4.78 is 5.77. The second-order valence-corrected chi connectivity index (χ2v) is 7.56. The van der Waals surface area contributed by atoms with Crippen molar-refractivity contribution in [2.24, 2.45) is 5.92 Å². The molecule has 25 heavy (non-hydrogen) atoms. The van der Waals surface area contributed by atoms with Crippen molar-refractivity contribution in [3.8, 4) is 0 Å². The Bertz CT molecular complexity index is 534. The molecular weight excluding hydrogens is 316 g/mol. The molecule has 5 nitrogen and oxygen atoms in total. The largest absolute Gasteiger partial charge is 0.392 e. The van der Waals surface area contributed by atoms with Crippen LogP contribution < -0.4 is 5.32 Å². The molecule has 5 heteroatoms. The number of hydrogen-bond acceptors (Lipinski definition) is 4. The van der Waals surface area contributed by atoms with E-state index in [4.69, 9.17) is 4.74 Å². The molecule has 0 bridgehead atoms. The highest BCUT2D eigenvalue weighted by molar-refractivity contribution is 5.76. The van der Waals surface area contributed by atoms with Crippen LogP contribution in [0, 0.1) is 5.92 Å². The van der Waals surface area contributed by atoms with E-state index in [1.165, 1.54) is 5.56 Å². The van der Waals surface area contributed by atoms with Crippen LogP contribution in [0.25, 0.3) is 0 Å². The van der Waals surface area contributed by atoms with Crippen molar-refractivity contribution in [1.82, 2.24) is 10.2 Å². The van der Waals surface area contributed by atoms with Crippen molar-refractivity contribution >= 4 is 5.91 Å². The van der Waals surface area contributed by atoms with Crippen molar-refractivity contribution in [3.63, 3.8) is 0 Å². The van der Waals surface area contributed by atoms with Gasteiger partial charge in [0.25, 0.3) is 0 Å². The van der Waals surface area contributed by atoms with Gasteiger partial charge in [-0.15, -0.1) is 0 Å². The van der Waals surface area contributed by atoms with Crippen molar-refractivity contribution in [3.05, 3.63) is 35.4 Å². The van der Waals surface area contributed by atoms with Gasteiger partial charge in [-0.3, -0.25) is 9.69 Å². The van der Waals surface area contributed by atoms with E-state index in [2.05, 4.69) is 48.3 Å². The fourth-order valence-electron chi connectivity index (χ4n) is 3.13. The minimum absolute atomic E-state index is 0.0932. The van der Waals surface area contributed by atoms with E-state index in [0.29, 0.717) is 6.54 Å². The smallest absolute Gasteiger partial charge is 0.222 e. The molecule has 0 aromatic heterocycles. The standard InChI is InChI=1S/C20H32N2O3/c1-14(2)19(23)9-20(24)21-10-17-5-7-18(8-6-17)13-22-11-15(3)25-16(4)12-22/h5-8,14-16,19,23H,9-13H2,1-4H3,(H,21,24). The maximum absolute atomic E-state index is 11.8. The number of carbonyl (C=O) groups excluding carboxylic acids is 1. The third-order valence-corrected chi connectivity index (χ3v) is 4.58. The fourth-order valence-corrected chi connectivity index (χ4v) is 3.13. The second kappa shape index (κ2) is 9.32. The molecule has 0 saturated carbocycles. The van der Waals surface area contributed by atoms with Gasteiger partial charge in [-0.25, -0.2) is 0 Å². The molecule has 140 valence electrons. The molecular formula is C20H32N2O3. The minimum atomic E-state index is -0.583. The summed E-state index contributed by atoms with van der Waals surface area (Å²) in [7, 11) is 0. The first-order valence-corrected chi connectivity index (χ1v) is 9.24. The SMILES string of the molecule is CC1CN(Cc2ccc(CNC(=O)CC(O)C(C)C)cc2)CC(C)O1. The van der Waals surface area contributed by atoms with Gasteiger partial charge in [0.15, 0.2) is 0 Å². The third kappa shape index (κ3) is 6.77. The van der Waals surface area contributed by atoms with Crippen molar-refractivity contribution < 1.29 is 14.6 Å². The number of nitrogens with zero attached hydrogens (tertiary/aromatic N) is 1. The number of carbonyl (C=O) groups is 1. The van der Waals surface area contributed by atoms with Gasteiger partial charge < -0.3 is 15.2 Å². The summed E-state index contributed by atoms with van der Waals surface area (Å²) >= 11 is 0. The minimum Gasteiger partial charge on any atom is -0.392 e. The molecule has 1 aromatic carbocycles. The highest BCUT2D eigenvalue weighted by Gasteiger charge is 2.22. The first-order chi connectivity index (χ1) is 11.8. The van der Waals surface area contributed by atoms with Gasteiger partial charge in [0, 0.05) is 26.2 Å². The zero-order chi connectivity index (χ0) is 18.4. The van der Waals surface area contributed by atoms with Gasteiger partial charge >= 0.3 is 0 Å². The summed E-state index contributed by atoms with van der Waals surface area (Å²) in [4.78, 5) is 14.3. The second-order valence-electron chi connectivity index (χ2n) is 7.56. The molecule has 1 aliphatic rings. The summed E-state index contributed by atoms with van der Waals surface area (Å²) in [5, 5.41) is 12.6. The molecule has 3 unspecified atom stereocenters. The summed E-state index contributed by atoms with van der Waals surface area (Å²) in [6, 6.07) is 8.36. The van der Waals surface area contributed by atoms with Crippen LogP contribution in [0.5, 0.6) is 0 Å². The quantitative estimate of drug-likeness (QED) is 0.794. The molecule has 1 amide bonds. The molecule has 1 fully saturated rings. The lowest BCUT2D eigenvalue weighted by Gasteiger charge is -2.35. The Labute approximate surface area is 151 Å². The first-order valence-electron chi connectivity index (χ1n) is 9.24. The molecule has 1 aromatic rings. The molecule has 0 spiro atoms. The van der Waals surface area contributed by atoms with E-state index >= 15 is 0 Å². The van der Waals surface area contributed by atoms with Crippen molar-refractivity contribution in [1.29, 1.82) is 0 Å². The van der Waals surface area contributed by atoms with Crippen LogP contribution in [0.1, 0.15) is 45.2 Å². The van der Waals surface area contributed by atoms with Crippen molar-refractivity contribution in [2.45, 2.75) is 65.5 Å². The average Bonchev–Trinajstić information content (AvgIpc) is 2.53. The highest BCUT2D eigenvalue weighted by Crippen LogP contribution is 2.15. The number of rotatable bonds is 7. The highest BCUT2D eigenvalue weighted by atomic mass is 16.5. The number of hydrogen-bond donors (Lipinski definition) is 2. The molecule has 2 rings (SSSR count). The number of ether oxygens (including phenoxy) is 1. The van der Waals surface area contributed by atoms with Crippen LogP contribution in [-0.4, -0.2) is 47.3 Å². The van der Waals surface area contributed by atoms with E-state index in [1.807, 2.05) is 13.8 Å². The summed E-state index contributed by atoms with van der Waals surface area (Å²) in [6.45, 7) is 11.4. The summed E-state index contributed by atoms with van der Waals surface area (Å²) in [5.74, 6) is -0.0165. The summed E-state index contributed by atoms with van der Waals surface area (Å²) in [6.07, 6.45) is 0.128. The Morgan fingerprint density at radius 1 is 1.20 bits per heavy atom. The van der Waals surface area contributed by atoms with Gasteiger partial charge in [-0.1, -0.05) is 38.1 Å². The van der Waals surface area contributed by atoms with Gasteiger partial charge in [0.2, 0.25) is 5.91 Å². The number of aliphatic hydroxyl groups is 1. The summed E-state index contributed by atoms with van der Waals surface area (Å²) in [5.41, 5.74) is 2.34. The number of morpholine rings is 1. The van der Waals surface area contributed by atoms with Crippen molar-refractivity contribution in [2.75, 3.05) is 13.1 Å². The van der Waals surface area contributed by atoms with E-state index in [-0.39, 0.29) is 30.5 Å². The Morgan fingerprint density at radius 3 is 2.32 bits per heavy atom. The Morgan fingerprint density at radius 2 is 1.76 bits per heavy atom. The van der Waals surface area contributed by atoms with Crippen LogP contribution in [0.2, 0.25) is 0 Å². The fraction of sp³-hybridized carbons (Fsp3) is 0.650. The van der Waals surface area contributed by atoms with E-state index in [0.717, 1.165) is 25.2 Å². The third-order valence-electron chi connectivity index (χ3n) is 4.58. The molecule has 1 heterocycles. The van der Waals surface area contributed by atoms with Gasteiger partial charge in [0.1, 0.15) is 0 Å². The predicted octanol–water partition coefficient (Wildman–Crippen LogP) is 2.32. The van der Waals surface area contributed by atoms with Gasteiger partial charge in [-0.2, -0.15) is 0 Å². The molecule has 3 atom stereocenters. The average molecular weight is 348 g/mol. The number of aliphatic hydroxyl groups excluding tert-OH is 1. The van der Waals surface area contributed by atoms with E-state index in [9.17, 15) is 9.90 Å². The molecule has 0 radical (unpaired) electrons. The lowest BCUT2D eigenvalue weighted by Crippen LogP contribution is -2.44.